The Balaban J connectivity index is 2.17. The minimum Gasteiger partial charge on any atom is -0.508 e. The first-order valence-corrected chi connectivity index (χ1v) is 5.43. The summed E-state index contributed by atoms with van der Waals surface area (Å²) in [6, 6.07) is 7.07. The third-order valence-electron chi connectivity index (χ3n) is 3.70. The summed E-state index contributed by atoms with van der Waals surface area (Å²) in [6.07, 6.45) is 0.221. The molecule has 2 N–H and O–H groups in total. The Bertz CT molecular complexity index is 406. The van der Waals surface area contributed by atoms with E-state index in [1.165, 1.54) is 0 Å². The predicted octanol–water partition coefficient (Wildman–Crippen LogP) is 2.61. The standard InChI is InChI=1S/C13H16O3/c1-13(2)10(7-11(15)16)12(13)8-3-5-9(14)6-4-8/h3-6,10,12,14H,7H2,1-2H3,(H,15,16)/t10-,12+/m1/s1. The molecule has 0 radical (unpaired) electrons. The molecule has 0 heterocycles. The van der Waals surface area contributed by atoms with E-state index < -0.39 is 5.97 Å². The van der Waals surface area contributed by atoms with Gasteiger partial charge in [0.15, 0.2) is 0 Å². The summed E-state index contributed by atoms with van der Waals surface area (Å²) in [5, 5.41) is 18.0. The van der Waals surface area contributed by atoms with E-state index in [9.17, 15) is 9.90 Å². The minimum atomic E-state index is -0.737. The van der Waals surface area contributed by atoms with Gasteiger partial charge in [-0.1, -0.05) is 26.0 Å². The second-order valence-corrected chi connectivity index (χ2v) is 5.09. The van der Waals surface area contributed by atoms with Gasteiger partial charge >= 0.3 is 5.97 Å². The molecule has 3 heteroatoms. The molecule has 0 spiro atoms. The van der Waals surface area contributed by atoms with E-state index >= 15 is 0 Å². The summed E-state index contributed by atoms with van der Waals surface area (Å²) in [7, 11) is 0. The van der Waals surface area contributed by atoms with Gasteiger partial charge in [0, 0.05) is 6.42 Å². The molecule has 0 aliphatic heterocycles. The average Bonchev–Trinajstić information content (AvgIpc) is 2.69. The fourth-order valence-electron chi connectivity index (χ4n) is 2.66. The Morgan fingerprint density at radius 2 is 1.88 bits per heavy atom. The molecule has 0 aromatic heterocycles. The normalized spacial score (nSPS) is 26.4. The van der Waals surface area contributed by atoms with Crippen LogP contribution in [0, 0.1) is 11.3 Å². The van der Waals surface area contributed by atoms with Gasteiger partial charge in [-0.2, -0.15) is 0 Å². The zero-order chi connectivity index (χ0) is 11.9. The number of rotatable bonds is 3. The second-order valence-electron chi connectivity index (χ2n) is 5.09. The van der Waals surface area contributed by atoms with Crippen molar-refractivity contribution < 1.29 is 15.0 Å². The molecule has 2 rings (SSSR count). The number of carbonyl (C=O) groups is 1. The van der Waals surface area contributed by atoms with E-state index in [1.54, 1.807) is 12.1 Å². The first-order valence-electron chi connectivity index (χ1n) is 5.43. The lowest BCUT2D eigenvalue weighted by Gasteiger charge is -2.02. The van der Waals surface area contributed by atoms with Crippen LogP contribution in [-0.4, -0.2) is 16.2 Å². The van der Waals surface area contributed by atoms with Gasteiger partial charge in [0.25, 0.3) is 0 Å². The lowest BCUT2D eigenvalue weighted by atomic mass is 10.0. The first kappa shape index (κ1) is 11.0. The van der Waals surface area contributed by atoms with Gasteiger partial charge < -0.3 is 10.2 Å². The lowest BCUT2D eigenvalue weighted by Crippen LogP contribution is -1.99. The number of carboxylic acid groups (broad SMARTS) is 1. The van der Waals surface area contributed by atoms with Gasteiger partial charge in [0.1, 0.15) is 5.75 Å². The lowest BCUT2D eigenvalue weighted by molar-refractivity contribution is -0.137. The Hall–Kier alpha value is -1.51. The van der Waals surface area contributed by atoms with Crippen molar-refractivity contribution in [2.45, 2.75) is 26.2 Å². The number of aromatic hydroxyl groups is 1. The third kappa shape index (κ3) is 1.77. The van der Waals surface area contributed by atoms with Crippen LogP contribution >= 0.6 is 0 Å². The molecule has 1 saturated carbocycles. The van der Waals surface area contributed by atoms with Gasteiger partial charge in [-0.05, 0) is 34.9 Å². The van der Waals surface area contributed by atoms with Crippen molar-refractivity contribution in [3.05, 3.63) is 29.8 Å². The van der Waals surface area contributed by atoms with Crippen LogP contribution in [0.2, 0.25) is 0 Å². The van der Waals surface area contributed by atoms with E-state index in [0.717, 1.165) is 5.56 Å². The Labute approximate surface area is 94.7 Å². The highest BCUT2D eigenvalue weighted by atomic mass is 16.4. The van der Waals surface area contributed by atoms with E-state index in [0.29, 0.717) is 5.92 Å². The molecule has 3 nitrogen and oxygen atoms in total. The van der Waals surface area contributed by atoms with Crippen LogP contribution in [0.25, 0.3) is 0 Å². The van der Waals surface area contributed by atoms with Crippen molar-refractivity contribution in [3.63, 3.8) is 0 Å². The topological polar surface area (TPSA) is 57.5 Å². The van der Waals surface area contributed by atoms with Gasteiger partial charge in [-0.25, -0.2) is 0 Å². The van der Waals surface area contributed by atoms with E-state index in [2.05, 4.69) is 13.8 Å². The van der Waals surface area contributed by atoms with Crippen molar-refractivity contribution in [1.82, 2.24) is 0 Å². The van der Waals surface area contributed by atoms with Crippen LogP contribution in [0.4, 0.5) is 0 Å². The summed E-state index contributed by atoms with van der Waals surface area (Å²) in [5.74, 6) is 0.00934. The summed E-state index contributed by atoms with van der Waals surface area (Å²) in [6.45, 7) is 4.19. The number of hydrogen-bond donors (Lipinski definition) is 2. The third-order valence-corrected chi connectivity index (χ3v) is 3.70. The van der Waals surface area contributed by atoms with Crippen molar-refractivity contribution in [2.24, 2.45) is 11.3 Å². The predicted molar refractivity (Wildman–Crippen MR) is 60.4 cm³/mol. The number of phenolic OH excluding ortho intramolecular Hbond substituents is 1. The second kappa shape index (κ2) is 3.51. The number of carboxylic acids is 1. The highest BCUT2D eigenvalue weighted by Crippen LogP contribution is 2.65. The molecule has 1 aliphatic carbocycles. The number of benzene rings is 1. The van der Waals surface area contributed by atoms with Crippen molar-refractivity contribution >= 4 is 5.97 Å². The molecule has 1 aromatic rings. The van der Waals surface area contributed by atoms with Crippen molar-refractivity contribution in [1.29, 1.82) is 0 Å². The zero-order valence-corrected chi connectivity index (χ0v) is 9.47. The molecule has 1 aliphatic rings. The van der Waals surface area contributed by atoms with Crippen LogP contribution < -0.4 is 0 Å². The molecule has 1 fully saturated rings. The van der Waals surface area contributed by atoms with E-state index in [1.807, 2.05) is 12.1 Å². The zero-order valence-electron chi connectivity index (χ0n) is 9.47. The van der Waals surface area contributed by atoms with Crippen molar-refractivity contribution in [3.8, 4) is 5.75 Å². The smallest absolute Gasteiger partial charge is 0.303 e. The minimum absolute atomic E-state index is 0.0510. The molecule has 0 bridgehead atoms. The van der Waals surface area contributed by atoms with Crippen LogP contribution in [-0.2, 0) is 4.79 Å². The maximum Gasteiger partial charge on any atom is 0.303 e. The first-order chi connectivity index (χ1) is 7.43. The number of phenols is 1. The van der Waals surface area contributed by atoms with E-state index in [-0.39, 0.29) is 23.5 Å². The molecule has 16 heavy (non-hydrogen) atoms. The van der Waals surface area contributed by atoms with Crippen LogP contribution in [0.1, 0.15) is 31.7 Å². The Kier molecular flexibility index (Phi) is 2.41. The van der Waals surface area contributed by atoms with Crippen LogP contribution in [0.15, 0.2) is 24.3 Å². The highest BCUT2D eigenvalue weighted by molar-refractivity contribution is 5.68. The number of hydrogen-bond acceptors (Lipinski definition) is 2. The van der Waals surface area contributed by atoms with Gasteiger partial charge in [-0.15, -0.1) is 0 Å². The maximum atomic E-state index is 10.7. The fourth-order valence-corrected chi connectivity index (χ4v) is 2.66. The SMILES string of the molecule is CC1(C)[C@H](CC(=O)O)[C@@H]1c1ccc(O)cc1. The Morgan fingerprint density at radius 3 is 2.38 bits per heavy atom. The average molecular weight is 220 g/mol. The molecule has 86 valence electrons. The summed E-state index contributed by atoms with van der Waals surface area (Å²) >= 11 is 0. The summed E-state index contributed by atoms with van der Waals surface area (Å²) in [5.41, 5.74) is 1.17. The molecule has 0 saturated heterocycles. The molecule has 0 amide bonds. The summed E-state index contributed by atoms with van der Waals surface area (Å²) in [4.78, 5) is 10.7. The molecule has 0 unspecified atom stereocenters. The maximum absolute atomic E-state index is 10.7. The molecular weight excluding hydrogens is 204 g/mol. The quantitative estimate of drug-likeness (QED) is 0.823. The molecule has 2 atom stereocenters. The number of aliphatic carboxylic acids is 1. The monoisotopic (exact) mass is 220 g/mol. The largest absolute Gasteiger partial charge is 0.508 e. The van der Waals surface area contributed by atoms with Gasteiger partial charge in [0.2, 0.25) is 0 Å². The van der Waals surface area contributed by atoms with Crippen LogP contribution in [0.3, 0.4) is 0 Å². The van der Waals surface area contributed by atoms with Crippen LogP contribution in [0.5, 0.6) is 5.75 Å². The van der Waals surface area contributed by atoms with Crippen molar-refractivity contribution in [2.75, 3.05) is 0 Å². The van der Waals surface area contributed by atoms with Gasteiger partial charge in [0.05, 0.1) is 0 Å². The van der Waals surface area contributed by atoms with Gasteiger partial charge in [-0.3, -0.25) is 4.79 Å². The highest BCUT2D eigenvalue weighted by Gasteiger charge is 2.58. The van der Waals surface area contributed by atoms with E-state index in [4.69, 9.17) is 5.11 Å². The fraction of sp³-hybridized carbons (Fsp3) is 0.462. The molecule has 1 aromatic carbocycles. The summed E-state index contributed by atoms with van der Waals surface area (Å²) < 4.78 is 0. The Morgan fingerprint density at radius 1 is 1.31 bits per heavy atom. The molecular formula is C13H16O3.